The standard InChI is InChI=1S/C19H20FN5O3S/c1-10(2)15-22-16-14(18(27)25(4)19(28)24(16)3)17(23-15)29-9-13(26)21-12-7-5-11(20)6-8-12/h5-8,10H,9H2,1-4H3,(H,21,26). The number of aryl methyl sites for hydroxylation is 1. The fourth-order valence-electron chi connectivity index (χ4n) is 2.67. The third kappa shape index (κ3) is 4.21. The highest BCUT2D eigenvalue weighted by Crippen LogP contribution is 2.24. The molecular formula is C19H20FN5O3S. The average Bonchev–Trinajstić information content (AvgIpc) is 2.70. The van der Waals surface area contributed by atoms with Crippen molar-refractivity contribution in [2.45, 2.75) is 24.8 Å². The van der Waals surface area contributed by atoms with Gasteiger partial charge in [-0.05, 0) is 24.3 Å². The fraction of sp³-hybridized carbons (Fsp3) is 0.316. The number of amides is 1. The molecule has 1 amide bonds. The molecule has 1 N–H and O–H groups in total. The van der Waals surface area contributed by atoms with Gasteiger partial charge in [-0.3, -0.25) is 18.7 Å². The lowest BCUT2D eigenvalue weighted by Gasteiger charge is -2.13. The van der Waals surface area contributed by atoms with E-state index in [0.29, 0.717) is 16.5 Å². The molecular weight excluding hydrogens is 397 g/mol. The van der Waals surface area contributed by atoms with Gasteiger partial charge in [0, 0.05) is 25.7 Å². The number of hydrogen-bond donors (Lipinski definition) is 1. The number of benzene rings is 1. The molecule has 0 aliphatic heterocycles. The number of aromatic nitrogens is 4. The van der Waals surface area contributed by atoms with Crippen molar-refractivity contribution in [3.8, 4) is 0 Å². The van der Waals surface area contributed by atoms with Gasteiger partial charge in [-0.25, -0.2) is 19.2 Å². The van der Waals surface area contributed by atoms with Crippen LogP contribution in [-0.2, 0) is 18.9 Å². The molecule has 0 saturated carbocycles. The molecule has 0 bridgehead atoms. The first kappa shape index (κ1) is 20.7. The monoisotopic (exact) mass is 417 g/mol. The van der Waals surface area contributed by atoms with Crippen molar-refractivity contribution >= 4 is 34.4 Å². The van der Waals surface area contributed by atoms with Crippen LogP contribution in [-0.4, -0.2) is 30.8 Å². The smallest absolute Gasteiger partial charge is 0.325 e. The van der Waals surface area contributed by atoms with Crippen molar-refractivity contribution in [3.05, 3.63) is 56.7 Å². The Morgan fingerprint density at radius 2 is 1.79 bits per heavy atom. The number of nitrogens with one attached hydrogen (secondary N) is 1. The van der Waals surface area contributed by atoms with Crippen LogP contribution in [0.4, 0.5) is 10.1 Å². The normalized spacial score (nSPS) is 11.2. The van der Waals surface area contributed by atoms with E-state index in [-0.39, 0.29) is 28.6 Å². The summed E-state index contributed by atoms with van der Waals surface area (Å²) in [6.07, 6.45) is 0. The Balaban J connectivity index is 1.97. The number of carbonyl (C=O) groups excluding carboxylic acids is 1. The van der Waals surface area contributed by atoms with Gasteiger partial charge >= 0.3 is 5.69 Å². The number of nitrogens with zero attached hydrogens (tertiary/aromatic N) is 4. The molecule has 0 aliphatic carbocycles. The molecule has 0 aliphatic rings. The van der Waals surface area contributed by atoms with E-state index in [0.717, 1.165) is 16.3 Å². The first-order valence-electron chi connectivity index (χ1n) is 8.85. The topological polar surface area (TPSA) is 98.9 Å². The summed E-state index contributed by atoms with van der Waals surface area (Å²) >= 11 is 1.08. The third-order valence-corrected chi connectivity index (χ3v) is 5.24. The zero-order valence-corrected chi connectivity index (χ0v) is 17.2. The molecule has 2 aromatic heterocycles. The van der Waals surface area contributed by atoms with Crippen molar-refractivity contribution in [2.24, 2.45) is 14.1 Å². The fourth-order valence-corrected chi connectivity index (χ4v) is 3.49. The molecule has 29 heavy (non-hydrogen) atoms. The number of halogens is 1. The lowest BCUT2D eigenvalue weighted by atomic mass is 10.2. The average molecular weight is 417 g/mol. The van der Waals surface area contributed by atoms with E-state index >= 15 is 0 Å². The number of anilines is 1. The number of thioether (sulfide) groups is 1. The zero-order valence-electron chi connectivity index (χ0n) is 16.4. The van der Waals surface area contributed by atoms with Gasteiger partial charge in [0.05, 0.1) is 5.75 Å². The van der Waals surface area contributed by atoms with Crippen molar-refractivity contribution in [1.82, 2.24) is 19.1 Å². The van der Waals surface area contributed by atoms with Gasteiger partial charge in [-0.1, -0.05) is 25.6 Å². The van der Waals surface area contributed by atoms with Crippen LogP contribution in [0.3, 0.4) is 0 Å². The van der Waals surface area contributed by atoms with Gasteiger partial charge in [-0.2, -0.15) is 0 Å². The van der Waals surface area contributed by atoms with E-state index in [1.165, 1.54) is 42.9 Å². The minimum absolute atomic E-state index is 0.0208. The zero-order chi connectivity index (χ0) is 21.3. The molecule has 3 rings (SSSR count). The first-order valence-corrected chi connectivity index (χ1v) is 9.83. The van der Waals surface area contributed by atoms with Gasteiger partial charge in [0.15, 0.2) is 5.65 Å². The summed E-state index contributed by atoms with van der Waals surface area (Å²) in [5.74, 6) is -0.311. The number of rotatable bonds is 5. The van der Waals surface area contributed by atoms with E-state index in [9.17, 15) is 18.8 Å². The maximum absolute atomic E-state index is 13.0. The Kier molecular flexibility index (Phi) is 5.83. The molecule has 1 aromatic carbocycles. The quantitative estimate of drug-likeness (QED) is 0.504. The second-order valence-corrected chi connectivity index (χ2v) is 7.75. The van der Waals surface area contributed by atoms with Crippen molar-refractivity contribution in [3.63, 3.8) is 0 Å². The van der Waals surface area contributed by atoms with E-state index < -0.39 is 17.1 Å². The first-order chi connectivity index (χ1) is 13.7. The second-order valence-electron chi connectivity index (χ2n) is 6.79. The molecule has 8 nitrogen and oxygen atoms in total. The predicted molar refractivity (Wildman–Crippen MR) is 110 cm³/mol. The van der Waals surface area contributed by atoms with E-state index in [1.807, 2.05) is 13.8 Å². The Hall–Kier alpha value is -3.01. The van der Waals surface area contributed by atoms with Crippen LogP contribution in [0.25, 0.3) is 11.0 Å². The van der Waals surface area contributed by atoms with Gasteiger partial charge in [0.1, 0.15) is 22.1 Å². The molecule has 3 aromatic rings. The summed E-state index contributed by atoms with van der Waals surface area (Å²) in [7, 11) is 2.92. The molecule has 0 spiro atoms. The summed E-state index contributed by atoms with van der Waals surface area (Å²) < 4.78 is 15.3. The SMILES string of the molecule is CC(C)c1nc(SCC(=O)Nc2ccc(F)cc2)c2c(=O)n(C)c(=O)n(C)c2n1. The second kappa shape index (κ2) is 8.16. The third-order valence-electron chi connectivity index (χ3n) is 4.27. The summed E-state index contributed by atoms with van der Waals surface area (Å²) in [5.41, 5.74) is -0.301. The maximum atomic E-state index is 13.0. The summed E-state index contributed by atoms with van der Waals surface area (Å²) in [6.45, 7) is 3.80. The Morgan fingerprint density at radius 3 is 2.41 bits per heavy atom. The summed E-state index contributed by atoms with van der Waals surface area (Å²) in [4.78, 5) is 46.1. The molecule has 0 radical (unpaired) electrons. The highest BCUT2D eigenvalue weighted by atomic mass is 32.2. The van der Waals surface area contributed by atoms with Crippen LogP contribution >= 0.6 is 11.8 Å². The summed E-state index contributed by atoms with van der Waals surface area (Å²) in [6, 6.07) is 5.42. The molecule has 152 valence electrons. The minimum Gasteiger partial charge on any atom is -0.325 e. The van der Waals surface area contributed by atoms with Gasteiger partial charge in [0.25, 0.3) is 5.56 Å². The Bertz CT molecular complexity index is 1200. The number of fused-ring (bicyclic) bond motifs is 1. The largest absolute Gasteiger partial charge is 0.332 e. The predicted octanol–water partition coefficient (Wildman–Crippen LogP) is 2.02. The van der Waals surface area contributed by atoms with Crippen LogP contribution < -0.4 is 16.6 Å². The van der Waals surface area contributed by atoms with E-state index in [2.05, 4.69) is 15.3 Å². The van der Waals surface area contributed by atoms with Crippen molar-refractivity contribution in [1.29, 1.82) is 0 Å². The highest BCUT2D eigenvalue weighted by molar-refractivity contribution is 8.00. The number of carbonyl (C=O) groups is 1. The maximum Gasteiger partial charge on any atom is 0.332 e. The molecule has 0 saturated heterocycles. The number of hydrogen-bond acceptors (Lipinski definition) is 6. The van der Waals surface area contributed by atoms with Crippen LogP contribution in [0.1, 0.15) is 25.6 Å². The molecule has 2 heterocycles. The van der Waals surface area contributed by atoms with E-state index in [1.54, 1.807) is 0 Å². The van der Waals surface area contributed by atoms with Crippen LogP contribution in [0.15, 0.2) is 38.9 Å². The minimum atomic E-state index is -0.514. The van der Waals surface area contributed by atoms with Gasteiger partial charge in [0.2, 0.25) is 5.91 Å². The van der Waals surface area contributed by atoms with Crippen LogP contribution in [0, 0.1) is 5.82 Å². The molecule has 0 atom stereocenters. The summed E-state index contributed by atoms with van der Waals surface area (Å²) in [5, 5.41) is 3.19. The highest BCUT2D eigenvalue weighted by Gasteiger charge is 2.19. The Labute approximate surface area is 169 Å². The lowest BCUT2D eigenvalue weighted by molar-refractivity contribution is -0.113. The molecule has 10 heteroatoms. The van der Waals surface area contributed by atoms with Crippen molar-refractivity contribution in [2.75, 3.05) is 11.1 Å². The van der Waals surface area contributed by atoms with Crippen LogP contribution in [0.5, 0.6) is 0 Å². The molecule has 0 unspecified atom stereocenters. The van der Waals surface area contributed by atoms with Gasteiger partial charge in [-0.15, -0.1) is 0 Å². The van der Waals surface area contributed by atoms with E-state index in [4.69, 9.17) is 0 Å². The lowest BCUT2D eigenvalue weighted by Crippen LogP contribution is -2.38. The van der Waals surface area contributed by atoms with Crippen LogP contribution in [0.2, 0.25) is 0 Å². The van der Waals surface area contributed by atoms with Gasteiger partial charge < -0.3 is 5.32 Å². The van der Waals surface area contributed by atoms with Crippen molar-refractivity contribution < 1.29 is 9.18 Å². The Morgan fingerprint density at radius 1 is 1.14 bits per heavy atom. The molecule has 0 fully saturated rings.